The average Bonchev–Trinajstić information content (AvgIpc) is 2.08. The van der Waals surface area contributed by atoms with Crippen molar-refractivity contribution in [1.82, 2.24) is 9.88 Å². The lowest BCUT2D eigenvalue weighted by atomic mass is 10.3. The number of rotatable bonds is 3. The van der Waals surface area contributed by atoms with Gasteiger partial charge in [-0.15, -0.1) is 0 Å². The van der Waals surface area contributed by atoms with E-state index >= 15 is 0 Å². The summed E-state index contributed by atoms with van der Waals surface area (Å²) in [6, 6.07) is 3.72. The van der Waals surface area contributed by atoms with Crippen molar-refractivity contribution in [2.75, 3.05) is 26.5 Å². The smallest absolute Gasteiger partial charge is 0.126 e. The molecule has 0 aliphatic carbocycles. The molecule has 0 spiro atoms. The molecule has 0 bridgehead atoms. The lowest BCUT2D eigenvalue weighted by molar-refractivity contribution is 0.397. The second-order valence-corrected chi connectivity index (χ2v) is 3.52. The first-order valence-electron chi connectivity index (χ1n) is 4.11. The van der Waals surface area contributed by atoms with E-state index in [4.69, 9.17) is 11.6 Å². The molecule has 1 N–H and O–H groups in total. The summed E-state index contributed by atoms with van der Waals surface area (Å²) in [5, 5.41) is 3.70. The largest absolute Gasteiger partial charge is 0.373 e. The summed E-state index contributed by atoms with van der Waals surface area (Å²) >= 11 is 5.98. The van der Waals surface area contributed by atoms with Crippen molar-refractivity contribution in [2.24, 2.45) is 0 Å². The van der Waals surface area contributed by atoms with Gasteiger partial charge >= 0.3 is 0 Å². The molecule has 0 amide bonds. The van der Waals surface area contributed by atoms with E-state index in [1.165, 1.54) is 0 Å². The zero-order valence-electron chi connectivity index (χ0n) is 8.13. The van der Waals surface area contributed by atoms with Gasteiger partial charge in [-0.25, -0.2) is 4.98 Å². The van der Waals surface area contributed by atoms with Crippen LogP contribution in [0.5, 0.6) is 0 Å². The molecule has 0 unspecified atom stereocenters. The van der Waals surface area contributed by atoms with Gasteiger partial charge in [0, 0.05) is 13.6 Å². The third-order valence-corrected chi connectivity index (χ3v) is 1.98. The van der Waals surface area contributed by atoms with Crippen LogP contribution in [0.2, 0.25) is 5.02 Å². The van der Waals surface area contributed by atoms with Crippen molar-refractivity contribution < 1.29 is 0 Å². The Morgan fingerprint density at radius 1 is 1.46 bits per heavy atom. The number of pyridine rings is 1. The molecule has 0 aliphatic rings. The highest BCUT2D eigenvalue weighted by Crippen LogP contribution is 2.17. The van der Waals surface area contributed by atoms with Crippen LogP contribution in [0.15, 0.2) is 12.1 Å². The molecule has 1 rings (SSSR count). The van der Waals surface area contributed by atoms with Gasteiger partial charge in [-0.05, 0) is 26.2 Å². The van der Waals surface area contributed by atoms with Crippen molar-refractivity contribution in [2.45, 2.75) is 6.54 Å². The standard InChI is InChI=1S/C9H14ClN3/c1-11-9-5-4-7(10)8(12-9)6-13(2)3/h4-5H,6H2,1-3H3,(H,11,12). The Bertz CT molecular complexity index is 286. The fraction of sp³-hybridized carbons (Fsp3) is 0.444. The van der Waals surface area contributed by atoms with E-state index < -0.39 is 0 Å². The molecule has 1 aromatic heterocycles. The van der Waals surface area contributed by atoms with Crippen LogP contribution in [-0.4, -0.2) is 31.0 Å². The molecule has 0 aliphatic heterocycles. The molecule has 0 atom stereocenters. The summed E-state index contributed by atoms with van der Waals surface area (Å²) in [4.78, 5) is 6.38. The zero-order chi connectivity index (χ0) is 9.84. The van der Waals surface area contributed by atoms with Gasteiger partial charge in [0.2, 0.25) is 0 Å². The Morgan fingerprint density at radius 3 is 2.69 bits per heavy atom. The highest BCUT2D eigenvalue weighted by Gasteiger charge is 2.03. The second-order valence-electron chi connectivity index (χ2n) is 3.11. The Kier molecular flexibility index (Phi) is 3.51. The summed E-state index contributed by atoms with van der Waals surface area (Å²) in [6.07, 6.45) is 0. The van der Waals surface area contributed by atoms with Gasteiger partial charge in [0.05, 0.1) is 10.7 Å². The van der Waals surface area contributed by atoms with Gasteiger partial charge < -0.3 is 10.2 Å². The number of nitrogens with one attached hydrogen (secondary N) is 1. The van der Waals surface area contributed by atoms with E-state index in [0.29, 0.717) is 5.02 Å². The number of anilines is 1. The first-order chi connectivity index (χ1) is 6.13. The minimum Gasteiger partial charge on any atom is -0.373 e. The molecule has 4 heteroatoms. The van der Waals surface area contributed by atoms with E-state index in [-0.39, 0.29) is 0 Å². The minimum absolute atomic E-state index is 0.715. The van der Waals surface area contributed by atoms with Gasteiger partial charge in [-0.1, -0.05) is 11.6 Å². The fourth-order valence-electron chi connectivity index (χ4n) is 1.03. The van der Waals surface area contributed by atoms with Crippen LogP contribution >= 0.6 is 11.6 Å². The molecule has 1 aromatic rings. The lowest BCUT2D eigenvalue weighted by Gasteiger charge is -2.11. The normalized spacial score (nSPS) is 10.5. The molecular weight excluding hydrogens is 186 g/mol. The summed E-state index contributed by atoms with van der Waals surface area (Å²) < 4.78 is 0. The first-order valence-corrected chi connectivity index (χ1v) is 4.49. The molecule has 0 radical (unpaired) electrons. The Hall–Kier alpha value is -0.800. The molecule has 3 nitrogen and oxygen atoms in total. The Labute approximate surface area is 83.7 Å². The molecule has 0 aromatic carbocycles. The van der Waals surface area contributed by atoms with Crippen molar-refractivity contribution >= 4 is 17.4 Å². The first kappa shape index (κ1) is 10.3. The van der Waals surface area contributed by atoms with Gasteiger partial charge in [0.1, 0.15) is 5.82 Å². The van der Waals surface area contributed by atoms with E-state index in [1.807, 2.05) is 38.2 Å². The average molecular weight is 200 g/mol. The van der Waals surface area contributed by atoms with E-state index in [9.17, 15) is 0 Å². The fourth-order valence-corrected chi connectivity index (χ4v) is 1.20. The van der Waals surface area contributed by atoms with Crippen LogP contribution in [0.3, 0.4) is 0 Å². The Balaban J connectivity index is 2.90. The quantitative estimate of drug-likeness (QED) is 0.806. The SMILES string of the molecule is CNc1ccc(Cl)c(CN(C)C)n1. The molecular formula is C9H14ClN3. The summed E-state index contributed by atoms with van der Waals surface area (Å²) in [5.74, 6) is 0.848. The molecule has 0 saturated carbocycles. The maximum Gasteiger partial charge on any atom is 0.126 e. The van der Waals surface area contributed by atoms with Gasteiger partial charge in [0.15, 0.2) is 0 Å². The number of hydrogen-bond acceptors (Lipinski definition) is 3. The van der Waals surface area contributed by atoms with E-state index in [2.05, 4.69) is 10.3 Å². The third kappa shape index (κ3) is 2.86. The maximum absolute atomic E-state index is 5.98. The number of halogens is 1. The number of nitrogens with zero attached hydrogens (tertiary/aromatic N) is 2. The molecule has 72 valence electrons. The number of hydrogen-bond donors (Lipinski definition) is 1. The van der Waals surface area contributed by atoms with Crippen LogP contribution in [0, 0.1) is 0 Å². The monoisotopic (exact) mass is 199 g/mol. The van der Waals surface area contributed by atoms with E-state index in [1.54, 1.807) is 0 Å². The van der Waals surface area contributed by atoms with Crippen molar-refractivity contribution in [3.05, 3.63) is 22.8 Å². The van der Waals surface area contributed by atoms with Crippen LogP contribution in [0.1, 0.15) is 5.69 Å². The highest BCUT2D eigenvalue weighted by atomic mass is 35.5. The maximum atomic E-state index is 5.98. The summed E-state index contributed by atoms with van der Waals surface area (Å²) in [5.41, 5.74) is 0.901. The summed E-state index contributed by atoms with van der Waals surface area (Å²) in [7, 11) is 5.82. The lowest BCUT2D eigenvalue weighted by Crippen LogP contribution is -2.12. The molecule has 0 saturated heterocycles. The van der Waals surface area contributed by atoms with E-state index in [0.717, 1.165) is 18.1 Å². The Morgan fingerprint density at radius 2 is 2.15 bits per heavy atom. The van der Waals surface area contributed by atoms with Gasteiger partial charge in [-0.3, -0.25) is 0 Å². The van der Waals surface area contributed by atoms with Crippen molar-refractivity contribution in [1.29, 1.82) is 0 Å². The summed E-state index contributed by atoms with van der Waals surface area (Å²) in [6.45, 7) is 0.758. The van der Waals surface area contributed by atoms with Crippen LogP contribution in [0.4, 0.5) is 5.82 Å². The van der Waals surface area contributed by atoms with Crippen LogP contribution in [0.25, 0.3) is 0 Å². The topological polar surface area (TPSA) is 28.2 Å². The minimum atomic E-state index is 0.715. The van der Waals surface area contributed by atoms with Crippen molar-refractivity contribution in [3.8, 4) is 0 Å². The molecule has 13 heavy (non-hydrogen) atoms. The predicted octanol–water partition coefficient (Wildman–Crippen LogP) is 1.84. The molecule has 1 heterocycles. The highest BCUT2D eigenvalue weighted by molar-refractivity contribution is 6.31. The number of aromatic nitrogens is 1. The zero-order valence-corrected chi connectivity index (χ0v) is 8.89. The second kappa shape index (κ2) is 4.44. The predicted molar refractivity (Wildman–Crippen MR) is 56.2 cm³/mol. The van der Waals surface area contributed by atoms with Gasteiger partial charge in [0.25, 0.3) is 0 Å². The molecule has 0 fully saturated rings. The third-order valence-electron chi connectivity index (χ3n) is 1.64. The van der Waals surface area contributed by atoms with Crippen LogP contribution < -0.4 is 5.32 Å². The van der Waals surface area contributed by atoms with Crippen LogP contribution in [-0.2, 0) is 6.54 Å². The van der Waals surface area contributed by atoms with Crippen molar-refractivity contribution in [3.63, 3.8) is 0 Å². The van der Waals surface area contributed by atoms with Gasteiger partial charge in [-0.2, -0.15) is 0 Å².